The molecule has 6 rings (SSSR count). The highest BCUT2D eigenvalue weighted by atomic mass is 19.4. The molecule has 2 N–H and O–H groups in total. The summed E-state index contributed by atoms with van der Waals surface area (Å²) < 4.78 is 55.6. The predicted octanol–water partition coefficient (Wildman–Crippen LogP) is 5.04. The maximum absolute atomic E-state index is 13.1. The SMILES string of the molecule is O=C(O)CNC(=O)c1ccc(N2C3CC[C@H]2CC(OCc2c(-c4ccccc4OC(F)(F)F)noc2C2CC2)C3)nc1. The molecule has 4 heterocycles. The van der Waals surface area contributed by atoms with E-state index in [9.17, 15) is 22.8 Å². The van der Waals surface area contributed by atoms with Gasteiger partial charge >= 0.3 is 12.3 Å². The molecule has 2 saturated heterocycles. The number of carbonyl (C=O) groups is 2. The van der Waals surface area contributed by atoms with Gasteiger partial charge in [0.1, 0.15) is 29.6 Å². The van der Waals surface area contributed by atoms with Gasteiger partial charge in [-0.3, -0.25) is 9.59 Å². The number of aromatic nitrogens is 2. The van der Waals surface area contributed by atoms with E-state index in [1.807, 2.05) is 0 Å². The van der Waals surface area contributed by atoms with Crippen LogP contribution in [0.4, 0.5) is 19.0 Å². The molecule has 3 atom stereocenters. The third kappa shape index (κ3) is 6.06. The molecule has 3 aliphatic rings. The van der Waals surface area contributed by atoms with Gasteiger partial charge in [-0.15, -0.1) is 13.2 Å². The van der Waals surface area contributed by atoms with E-state index in [0.29, 0.717) is 17.0 Å². The number of ether oxygens (including phenoxy) is 2. The van der Waals surface area contributed by atoms with Crippen LogP contribution in [-0.2, 0) is 16.1 Å². The van der Waals surface area contributed by atoms with Crippen molar-refractivity contribution < 1.29 is 41.9 Å². The fourth-order valence-corrected chi connectivity index (χ4v) is 5.98. The van der Waals surface area contributed by atoms with Gasteiger partial charge in [0.05, 0.1) is 18.3 Å². The molecule has 222 valence electrons. The van der Waals surface area contributed by atoms with Crippen LogP contribution in [0.5, 0.6) is 5.75 Å². The van der Waals surface area contributed by atoms with Crippen molar-refractivity contribution in [1.82, 2.24) is 15.5 Å². The third-order valence-electron chi connectivity index (χ3n) is 7.96. The second-order valence-electron chi connectivity index (χ2n) is 10.9. The predicted molar refractivity (Wildman–Crippen MR) is 142 cm³/mol. The lowest BCUT2D eigenvalue weighted by atomic mass is 9.99. The third-order valence-corrected chi connectivity index (χ3v) is 7.96. The zero-order valence-corrected chi connectivity index (χ0v) is 22.5. The Morgan fingerprint density at radius 2 is 1.81 bits per heavy atom. The van der Waals surface area contributed by atoms with Gasteiger partial charge in [-0.2, -0.15) is 0 Å². The fourth-order valence-electron chi connectivity index (χ4n) is 5.98. The molecular weight excluding hydrogens is 557 g/mol. The van der Waals surface area contributed by atoms with Crippen LogP contribution in [0.2, 0.25) is 0 Å². The summed E-state index contributed by atoms with van der Waals surface area (Å²) in [6, 6.07) is 9.66. The van der Waals surface area contributed by atoms with Crippen LogP contribution in [0, 0.1) is 0 Å². The Morgan fingerprint density at radius 3 is 2.45 bits per heavy atom. The number of hydrogen-bond donors (Lipinski definition) is 2. The summed E-state index contributed by atoms with van der Waals surface area (Å²) in [5, 5.41) is 15.2. The number of carboxylic acid groups (broad SMARTS) is 1. The van der Waals surface area contributed by atoms with Gasteiger partial charge in [0, 0.05) is 35.3 Å². The second kappa shape index (κ2) is 11.3. The lowest BCUT2D eigenvalue weighted by molar-refractivity contribution is -0.274. The first-order chi connectivity index (χ1) is 20.2. The Bertz CT molecular complexity index is 1440. The van der Waals surface area contributed by atoms with Crippen LogP contribution in [0.25, 0.3) is 11.3 Å². The van der Waals surface area contributed by atoms with Crippen molar-refractivity contribution in [3.63, 3.8) is 0 Å². The van der Waals surface area contributed by atoms with Gasteiger partial charge < -0.3 is 29.3 Å². The first kappa shape index (κ1) is 28.0. The largest absolute Gasteiger partial charge is 0.573 e. The monoisotopic (exact) mass is 586 g/mol. The molecule has 1 amide bonds. The normalized spacial score (nSPS) is 21.8. The fraction of sp³-hybridized carbons (Fsp3) is 0.448. The zero-order chi connectivity index (χ0) is 29.4. The van der Waals surface area contributed by atoms with Crippen LogP contribution in [-0.4, -0.2) is 58.2 Å². The Morgan fingerprint density at radius 1 is 1.07 bits per heavy atom. The molecule has 2 unspecified atom stereocenters. The number of hydrogen-bond acceptors (Lipinski definition) is 8. The standard InChI is InChI=1S/C29H29F3N4O6/c30-29(31,32)41-23-4-2-1-3-21(23)26-22(27(42-35-26)16-5-6-16)15-40-20-11-18-8-9-19(12-20)36(18)24-10-7-17(13-33-24)28(39)34-14-25(37)38/h1-4,7,10,13,16,18-20H,5-6,8-9,11-12,14-15H2,(H,34,39)(H,37,38)/t18-,19?,20?/m0/s1. The van der Waals surface area contributed by atoms with Gasteiger partial charge in [-0.25, -0.2) is 4.98 Å². The van der Waals surface area contributed by atoms with Crippen molar-refractivity contribution in [2.24, 2.45) is 0 Å². The lowest BCUT2D eigenvalue weighted by Gasteiger charge is -2.39. The molecule has 1 aromatic carbocycles. The molecular formula is C29H29F3N4O6. The molecule has 3 aromatic rings. The number of nitrogens with zero attached hydrogens (tertiary/aromatic N) is 3. The number of piperidine rings is 1. The summed E-state index contributed by atoms with van der Waals surface area (Å²) in [5.41, 5.74) is 1.44. The van der Waals surface area contributed by atoms with Crippen LogP contribution in [0.1, 0.15) is 66.1 Å². The molecule has 0 spiro atoms. The number of carbonyl (C=O) groups excluding carboxylic acids is 1. The Hall–Kier alpha value is -4.13. The van der Waals surface area contributed by atoms with Crippen molar-refractivity contribution in [3.05, 3.63) is 59.5 Å². The highest BCUT2D eigenvalue weighted by Gasteiger charge is 2.42. The van der Waals surface area contributed by atoms with E-state index in [2.05, 4.69) is 25.1 Å². The summed E-state index contributed by atoms with van der Waals surface area (Å²) >= 11 is 0. The highest BCUT2D eigenvalue weighted by Crippen LogP contribution is 2.46. The van der Waals surface area contributed by atoms with Crippen LogP contribution >= 0.6 is 0 Å². The summed E-state index contributed by atoms with van der Waals surface area (Å²) in [7, 11) is 0. The molecule has 13 heteroatoms. The molecule has 10 nitrogen and oxygen atoms in total. The number of halogens is 3. The molecule has 1 aliphatic carbocycles. The summed E-state index contributed by atoms with van der Waals surface area (Å²) in [4.78, 5) is 29.6. The second-order valence-corrected chi connectivity index (χ2v) is 10.9. The van der Waals surface area contributed by atoms with E-state index in [4.69, 9.17) is 14.4 Å². The molecule has 3 fully saturated rings. The van der Waals surface area contributed by atoms with Crippen molar-refractivity contribution in [1.29, 1.82) is 0 Å². The number of carboxylic acids is 1. The number of para-hydroxylation sites is 1. The summed E-state index contributed by atoms with van der Waals surface area (Å²) in [5.74, 6) is -0.389. The number of nitrogens with one attached hydrogen (secondary N) is 1. The maximum Gasteiger partial charge on any atom is 0.573 e. The number of pyridine rings is 1. The number of anilines is 1. The molecule has 2 aromatic heterocycles. The van der Waals surface area contributed by atoms with E-state index >= 15 is 0 Å². The maximum atomic E-state index is 13.1. The van der Waals surface area contributed by atoms with E-state index in [0.717, 1.165) is 44.3 Å². The van der Waals surface area contributed by atoms with Crippen molar-refractivity contribution in [2.45, 2.75) is 75.6 Å². The van der Waals surface area contributed by atoms with E-state index in [1.54, 1.807) is 18.2 Å². The van der Waals surface area contributed by atoms with E-state index < -0.39 is 24.8 Å². The number of benzene rings is 1. The van der Waals surface area contributed by atoms with Crippen molar-refractivity contribution in [3.8, 4) is 17.0 Å². The number of alkyl halides is 3. The van der Waals surface area contributed by atoms with Crippen LogP contribution < -0.4 is 15.0 Å². The summed E-state index contributed by atoms with van der Waals surface area (Å²) in [6.45, 7) is -0.307. The molecule has 2 bridgehead atoms. The van der Waals surface area contributed by atoms with Crippen LogP contribution in [0.15, 0.2) is 47.1 Å². The Balaban J connectivity index is 1.14. The number of aliphatic carboxylic acids is 1. The molecule has 1 saturated carbocycles. The molecule has 0 radical (unpaired) electrons. The number of fused-ring (bicyclic) bond motifs is 2. The molecule has 42 heavy (non-hydrogen) atoms. The van der Waals surface area contributed by atoms with Crippen LogP contribution in [0.3, 0.4) is 0 Å². The first-order valence-corrected chi connectivity index (χ1v) is 13.9. The van der Waals surface area contributed by atoms with Gasteiger partial charge in [0.2, 0.25) is 0 Å². The zero-order valence-electron chi connectivity index (χ0n) is 22.5. The van der Waals surface area contributed by atoms with Crippen molar-refractivity contribution >= 4 is 17.7 Å². The minimum atomic E-state index is -4.84. The number of rotatable bonds is 10. The first-order valence-electron chi connectivity index (χ1n) is 13.9. The highest BCUT2D eigenvalue weighted by molar-refractivity contribution is 5.95. The Kier molecular flexibility index (Phi) is 7.52. The minimum absolute atomic E-state index is 0.0729. The van der Waals surface area contributed by atoms with Gasteiger partial charge in [-0.05, 0) is 62.8 Å². The average molecular weight is 587 g/mol. The topological polar surface area (TPSA) is 127 Å². The van der Waals surface area contributed by atoms with E-state index in [1.165, 1.54) is 24.4 Å². The van der Waals surface area contributed by atoms with Gasteiger partial charge in [-0.1, -0.05) is 17.3 Å². The van der Waals surface area contributed by atoms with Gasteiger partial charge in [0.25, 0.3) is 5.91 Å². The summed E-state index contributed by atoms with van der Waals surface area (Å²) in [6.07, 6.45) is 1.79. The Labute approximate surface area is 238 Å². The molecule has 2 aliphatic heterocycles. The van der Waals surface area contributed by atoms with Gasteiger partial charge in [0.15, 0.2) is 0 Å². The lowest BCUT2D eigenvalue weighted by Crippen LogP contribution is -2.46. The smallest absolute Gasteiger partial charge is 0.480 e. The number of amides is 1. The van der Waals surface area contributed by atoms with E-state index in [-0.39, 0.29) is 47.6 Å². The average Bonchev–Trinajstić information content (AvgIpc) is 3.66. The quantitative estimate of drug-likeness (QED) is 0.336. The van der Waals surface area contributed by atoms with Crippen molar-refractivity contribution in [2.75, 3.05) is 11.4 Å². The minimum Gasteiger partial charge on any atom is -0.480 e.